The third kappa shape index (κ3) is 2.71. The van der Waals surface area contributed by atoms with Crippen LogP contribution in [0.4, 0.5) is 0 Å². The summed E-state index contributed by atoms with van der Waals surface area (Å²) in [4.78, 5) is 0. The molecule has 1 heteroatoms. The topological polar surface area (TPSA) is 3.88 Å². The van der Waals surface area contributed by atoms with E-state index in [1.54, 1.807) is 0 Å². The molecule has 1 heterocycles. The molecule has 0 aromatic carbocycles. The zero-order valence-corrected chi connectivity index (χ0v) is 7.38. The van der Waals surface area contributed by atoms with Gasteiger partial charge in [-0.1, -0.05) is 13.3 Å². The average Bonchev–Trinajstić information content (AvgIpc) is 2.01. The number of unbranched alkanes of at least 4 members (excludes halogenated alkanes) is 1. The van der Waals surface area contributed by atoms with E-state index in [-0.39, 0.29) is 0 Å². The SMILES string of the molecule is CCCC[n+]1cccc(C)c1. The van der Waals surface area contributed by atoms with Crippen molar-refractivity contribution in [3.8, 4) is 0 Å². The number of pyridine rings is 1. The number of hydrogen-bond acceptors (Lipinski definition) is 0. The Morgan fingerprint density at radius 1 is 1.45 bits per heavy atom. The molecule has 0 saturated heterocycles. The Morgan fingerprint density at radius 2 is 2.27 bits per heavy atom. The Hall–Kier alpha value is -0.850. The van der Waals surface area contributed by atoms with Gasteiger partial charge >= 0.3 is 0 Å². The molecule has 1 rings (SSSR count). The Kier molecular flexibility index (Phi) is 3.09. The summed E-state index contributed by atoms with van der Waals surface area (Å²) in [5.41, 5.74) is 1.34. The normalized spacial score (nSPS) is 10.0. The second-order valence-corrected chi connectivity index (χ2v) is 2.97. The van der Waals surface area contributed by atoms with Gasteiger partial charge in [0.1, 0.15) is 6.54 Å². The summed E-state index contributed by atoms with van der Waals surface area (Å²) in [7, 11) is 0. The predicted octanol–water partition coefficient (Wildman–Crippen LogP) is 2.08. The molecule has 1 aromatic rings. The summed E-state index contributed by atoms with van der Waals surface area (Å²) in [6.45, 7) is 5.50. The summed E-state index contributed by atoms with van der Waals surface area (Å²) >= 11 is 0. The van der Waals surface area contributed by atoms with Gasteiger partial charge in [0.15, 0.2) is 12.4 Å². The predicted molar refractivity (Wildman–Crippen MR) is 46.3 cm³/mol. The van der Waals surface area contributed by atoms with Crippen molar-refractivity contribution in [2.24, 2.45) is 0 Å². The minimum Gasteiger partial charge on any atom is -0.205 e. The van der Waals surface area contributed by atoms with E-state index in [4.69, 9.17) is 0 Å². The monoisotopic (exact) mass is 150 g/mol. The van der Waals surface area contributed by atoms with Crippen LogP contribution in [-0.2, 0) is 6.54 Å². The van der Waals surface area contributed by atoms with Gasteiger partial charge in [-0.2, -0.15) is 0 Å². The lowest BCUT2D eigenvalue weighted by atomic mass is 10.3. The lowest BCUT2D eigenvalue weighted by molar-refractivity contribution is -0.697. The number of rotatable bonds is 3. The van der Waals surface area contributed by atoms with Crippen LogP contribution in [0.3, 0.4) is 0 Å². The molecule has 0 N–H and O–H groups in total. The molecule has 0 saturated carbocycles. The van der Waals surface area contributed by atoms with Crippen molar-refractivity contribution >= 4 is 0 Å². The van der Waals surface area contributed by atoms with Crippen molar-refractivity contribution < 1.29 is 4.57 Å². The second kappa shape index (κ2) is 4.12. The van der Waals surface area contributed by atoms with Gasteiger partial charge in [-0.25, -0.2) is 4.57 Å². The molecule has 0 aliphatic carbocycles. The summed E-state index contributed by atoms with van der Waals surface area (Å²) < 4.78 is 2.25. The van der Waals surface area contributed by atoms with Gasteiger partial charge in [0, 0.05) is 18.1 Å². The quantitative estimate of drug-likeness (QED) is 0.581. The third-order valence-corrected chi connectivity index (χ3v) is 1.78. The first-order valence-corrected chi connectivity index (χ1v) is 4.28. The van der Waals surface area contributed by atoms with Crippen LogP contribution in [0.5, 0.6) is 0 Å². The maximum absolute atomic E-state index is 2.25. The molecule has 0 atom stereocenters. The van der Waals surface area contributed by atoms with Gasteiger partial charge in [-0.3, -0.25) is 0 Å². The van der Waals surface area contributed by atoms with E-state index in [1.807, 2.05) is 0 Å². The van der Waals surface area contributed by atoms with Crippen molar-refractivity contribution in [3.05, 3.63) is 30.1 Å². The van der Waals surface area contributed by atoms with Gasteiger partial charge in [-0.05, 0) is 13.0 Å². The largest absolute Gasteiger partial charge is 0.205 e. The number of aryl methyl sites for hydroxylation is 2. The van der Waals surface area contributed by atoms with Crippen LogP contribution in [0.15, 0.2) is 24.5 Å². The van der Waals surface area contributed by atoms with E-state index in [2.05, 4.69) is 42.9 Å². The molecule has 0 radical (unpaired) electrons. The third-order valence-electron chi connectivity index (χ3n) is 1.78. The van der Waals surface area contributed by atoms with Gasteiger partial charge in [0.25, 0.3) is 0 Å². The molecular weight excluding hydrogens is 134 g/mol. The minimum atomic E-state index is 1.15. The Labute approximate surface area is 68.7 Å². The summed E-state index contributed by atoms with van der Waals surface area (Å²) in [5.74, 6) is 0. The van der Waals surface area contributed by atoms with Crippen LogP contribution < -0.4 is 4.57 Å². The molecule has 11 heavy (non-hydrogen) atoms. The van der Waals surface area contributed by atoms with Crippen molar-refractivity contribution in [1.29, 1.82) is 0 Å². The van der Waals surface area contributed by atoms with E-state index in [9.17, 15) is 0 Å². The highest BCUT2D eigenvalue weighted by molar-refractivity contribution is 5.01. The van der Waals surface area contributed by atoms with Gasteiger partial charge in [0.2, 0.25) is 0 Å². The van der Waals surface area contributed by atoms with Crippen LogP contribution in [-0.4, -0.2) is 0 Å². The molecule has 60 valence electrons. The molecule has 0 fully saturated rings. The van der Waals surface area contributed by atoms with E-state index < -0.39 is 0 Å². The Morgan fingerprint density at radius 3 is 2.91 bits per heavy atom. The fourth-order valence-electron chi connectivity index (χ4n) is 1.13. The molecular formula is C10H16N+. The fourth-order valence-corrected chi connectivity index (χ4v) is 1.13. The second-order valence-electron chi connectivity index (χ2n) is 2.97. The molecule has 0 aliphatic rings. The first-order chi connectivity index (χ1) is 5.33. The van der Waals surface area contributed by atoms with Gasteiger partial charge in [0.05, 0.1) is 0 Å². The maximum Gasteiger partial charge on any atom is 0.171 e. The van der Waals surface area contributed by atoms with Crippen molar-refractivity contribution in [2.45, 2.75) is 33.2 Å². The minimum absolute atomic E-state index is 1.15. The van der Waals surface area contributed by atoms with Crippen molar-refractivity contribution in [1.82, 2.24) is 0 Å². The number of aromatic nitrogens is 1. The van der Waals surface area contributed by atoms with Crippen LogP contribution in [0, 0.1) is 6.92 Å². The zero-order chi connectivity index (χ0) is 8.10. The van der Waals surface area contributed by atoms with E-state index in [0.717, 1.165) is 6.54 Å². The molecule has 0 bridgehead atoms. The lowest BCUT2D eigenvalue weighted by Crippen LogP contribution is -2.32. The van der Waals surface area contributed by atoms with Crippen LogP contribution in [0.2, 0.25) is 0 Å². The standard InChI is InChI=1S/C10H16N/c1-3-4-7-11-8-5-6-10(2)9-11/h5-6,8-9H,3-4,7H2,1-2H3/q+1. The van der Waals surface area contributed by atoms with Crippen LogP contribution in [0.1, 0.15) is 25.3 Å². The Bertz CT molecular complexity index is 218. The zero-order valence-electron chi connectivity index (χ0n) is 7.38. The van der Waals surface area contributed by atoms with Crippen LogP contribution >= 0.6 is 0 Å². The number of hydrogen-bond donors (Lipinski definition) is 0. The molecule has 1 aromatic heterocycles. The molecule has 0 unspecified atom stereocenters. The summed E-state index contributed by atoms with van der Waals surface area (Å²) in [6.07, 6.45) is 6.85. The van der Waals surface area contributed by atoms with E-state index in [0.29, 0.717) is 0 Å². The van der Waals surface area contributed by atoms with Crippen molar-refractivity contribution in [2.75, 3.05) is 0 Å². The molecule has 0 amide bonds. The van der Waals surface area contributed by atoms with Crippen molar-refractivity contribution in [3.63, 3.8) is 0 Å². The lowest BCUT2D eigenvalue weighted by Gasteiger charge is -1.94. The smallest absolute Gasteiger partial charge is 0.171 e. The van der Waals surface area contributed by atoms with E-state index >= 15 is 0 Å². The Balaban J connectivity index is 2.56. The van der Waals surface area contributed by atoms with Crippen LogP contribution in [0.25, 0.3) is 0 Å². The van der Waals surface area contributed by atoms with Gasteiger partial charge in [-0.15, -0.1) is 0 Å². The van der Waals surface area contributed by atoms with Gasteiger partial charge < -0.3 is 0 Å². The highest BCUT2D eigenvalue weighted by Gasteiger charge is 1.97. The highest BCUT2D eigenvalue weighted by atomic mass is 14.9. The first-order valence-electron chi connectivity index (χ1n) is 4.28. The maximum atomic E-state index is 2.25. The summed E-state index contributed by atoms with van der Waals surface area (Å²) in [5, 5.41) is 0. The number of nitrogens with zero attached hydrogens (tertiary/aromatic N) is 1. The first kappa shape index (κ1) is 8.25. The highest BCUT2D eigenvalue weighted by Crippen LogP contribution is 1.91. The molecule has 0 aliphatic heterocycles. The molecule has 0 spiro atoms. The fraction of sp³-hybridized carbons (Fsp3) is 0.500. The average molecular weight is 150 g/mol. The molecule has 1 nitrogen and oxygen atoms in total. The summed E-state index contributed by atoms with van der Waals surface area (Å²) in [6, 6.07) is 4.23. The van der Waals surface area contributed by atoms with E-state index in [1.165, 1.54) is 18.4 Å².